The highest BCUT2D eigenvalue weighted by molar-refractivity contribution is 9.10. The minimum atomic E-state index is 0.211. The number of hydrogen-bond donors (Lipinski definition) is 0. The molecule has 1 aliphatic rings. The smallest absolute Gasteiger partial charge is 0.146 e. The summed E-state index contributed by atoms with van der Waals surface area (Å²) in [6, 6.07) is 4.04. The van der Waals surface area contributed by atoms with Crippen molar-refractivity contribution in [2.75, 3.05) is 0 Å². The fourth-order valence-electron chi connectivity index (χ4n) is 2.14. The summed E-state index contributed by atoms with van der Waals surface area (Å²) in [4.78, 5) is 4.53. The Hall–Kier alpha value is -1.03. The number of rotatable bonds is 0. The van der Waals surface area contributed by atoms with Gasteiger partial charge >= 0.3 is 0 Å². The fraction of sp³-hybridized carbons (Fsp3) is 0.364. The van der Waals surface area contributed by atoms with Crippen LogP contribution in [0.2, 0.25) is 0 Å². The predicted octanol–water partition coefficient (Wildman–Crippen LogP) is 2.89. The van der Waals surface area contributed by atoms with Crippen LogP contribution in [-0.2, 0) is 6.54 Å². The number of imidazole rings is 1. The van der Waals surface area contributed by atoms with Gasteiger partial charge in [0, 0.05) is 4.47 Å². The Bertz CT molecular complexity index is 547. The monoisotopic (exact) mass is 266 g/mol. The van der Waals surface area contributed by atoms with Crippen LogP contribution in [0.3, 0.4) is 0 Å². The average Bonchev–Trinajstić information content (AvgIpc) is 2.43. The zero-order chi connectivity index (χ0) is 10.6. The zero-order valence-electron chi connectivity index (χ0n) is 8.62. The Balaban J connectivity index is 2.41. The topological polar surface area (TPSA) is 27.1 Å². The first-order valence-electron chi connectivity index (χ1n) is 4.98. The summed E-state index contributed by atoms with van der Waals surface area (Å²) in [6.07, 6.45) is 0.211. The molecule has 3 rings (SSSR count). The van der Waals surface area contributed by atoms with E-state index in [4.69, 9.17) is 4.74 Å². The molecule has 1 aromatic carbocycles. The molecule has 0 bridgehead atoms. The van der Waals surface area contributed by atoms with Crippen LogP contribution in [0.4, 0.5) is 0 Å². The molecule has 78 valence electrons. The standard InChI is InChI=1S/C11H11BrN2O/c1-6-5-14-7(2)13-9-3-8(12)4-10(15-6)11(9)14/h3-4,6H,5H2,1-2H3/t6-/m1/s1. The number of hydrogen-bond acceptors (Lipinski definition) is 2. The van der Waals surface area contributed by atoms with Crippen molar-refractivity contribution in [3.05, 3.63) is 22.4 Å². The molecule has 15 heavy (non-hydrogen) atoms. The minimum Gasteiger partial charge on any atom is -0.487 e. The van der Waals surface area contributed by atoms with E-state index in [1.165, 1.54) is 0 Å². The minimum absolute atomic E-state index is 0.211. The van der Waals surface area contributed by atoms with Crippen LogP contribution < -0.4 is 4.74 Å². The highest BCUT2D eigenvalue weighted by atomic mass is 79.9. The second kappa shape index (κ2) is 2.98. The summed E-state index contributed by atoms with van der Waals surface area (Å²) < 4.78 is 9.05. The van der Waals surface area contributed by atoms with Crippen molar-refractivity contribution < 1.29 is 4.74 Å². The van der Waals surface area contributed by atoms with Gasteiger partial charge in [-0.05, 0) is 26.0 Å². The molecule has 2 aromatic rings. The lowest BCUT2D eigenvalue weighted by molar-refractivity contribution is 0.188. The van der Waals surface area contributed by atoms with E-state index in [0.717, 1.165) is 33.6 Å². The lowest BCUT2D eigenvalue weighted by Crippen LogP contribution is -2.24. The van der Waals surface area contributed by atoms with Gasteiger partial charge in [-0.25, -0.2) is 4.98 Å². The van der Waals surface area contributed by atoms with Gasteiger partial charge in [-0.2, -0.15) is 0 Å². The first-order valence-corrected chi connectivity index (χ1v) is 5.77. The lowest BCUT2D eigenvalue weighted by Gasteiger charge is -2.23. The van der Waals surface area contributed by atoms with Crippen molar-refractivity contribution in [1.29, 1.82) is 0 Å². The van der Waals surface area contributed by atoms with Crippen molar-refractivity contribution in [2.45, 2.75) is 26.5 Å². The Morgan fingerprint density at radius 1 is 1.53 bits per heavy atom. The third-order valence-corrected chi connectivity index (χ3v) is 3.19. The molecule has 0 saturated carbocycles. The molecule has 0 amide bonds. The summed E-state index contributed by atoms with van der Waals surface area (Å²) in [5.41, 5.74) is 2.12. The van der Waals surface area contributed by atoms with Gasteiger partial charge in [0.15, 0.2) is 0 Å². The number of ether oxygens (including phenoxy) is 1. The molecule has 2 heterocycles. The largest absolute Gasteiger partial charge is 0.487 e. The van der Waals surface area contributed by atoms with Crippen LogP contribution in [0, 0.1) is 6.92 Å². The number of halogens is 1. The second-order valence-electron chi connectivity index (χ2n) is 3.97. The number of benzene rings is 1. The quantitative estimate of drug-likeness (QED) is 0.733. The van der Waals surface area contributed by atoms with Gasteiger partial charge in [-0.1, -0.05) is 15.9 Å². The fourth-order valence-corrected chi connectivity index (χ4v) is 2.56. The summed E-state index contributed by atoms with van der Waals surface area (Å²) in [6.45, 7) is 5.00. The van der Waals surface area contributed by atoms with Crippen molar-refractivity contribution in [1.82, 2.24) is 9.55 Å². The zero-order valence-corrected chi connectivity index (χ0v) is 10.2. The highest BCUT2D eigenvalue weighted by Crippen LogP contribution is 2.34. The van der Waals surface area contributed by atoms with Crippen LogP contribution >= 0.6 is 15.9 Å². The highest BCUT2D eigenvalue weighted by Gasteiger charge is 2.21. The number of aryl methyl sites for hydroxylation is 1. The molecule has 1 aromatic heterocycles. The van der Waals surface area contributed by atoms with E-state index in [2.05, 4.69) is 32.4 Å². The van der Waals surface area contributed by atoms with Gasteiger partial charge in [-0.15, -0.1) is 0 Å². The Kier molecular flexibility index (Phi) is 1.83. The van der Waals surface area contributed by atoms with Crippen LogP contribution in [0.1, 0.15) is 12.7 Å². The summed E-state index contributed by atoms with van der Waals surface area (Å²) in [5, 5.41) is 0. The first-order chi connectivity index (χ1) is 7.15. The number of aromatic nitrogens is 2. The van der Waals surface area contributed by atoms with E-state index in [-0.39, 0.29) is 6.10 Å². The summed E-state index contributed by atoms with van der Waals surface area (Å²) in [5.74, 6) is 1.98. The molecule has 0 fully saturated rings. The van der Waals surface area contributed by atoms with E-state index in [0.29, 0.717) is 0 Å². The molecule has 4 heteroatoms. The molecule has 0 saturated heterocycles. The molecule has 1 atom stereocenters. The Morgan fingerprint density at radius 3 is 3.13 bits per heavy atom. The molecule has 0 spiro atoms. The third-order valence-electron chi connectivity index (χ3n) is 2.73. The normalized spacial score (nSPS) is 19.3. The molecule has 0 radical (unpaired) electrons. The molecule has 1 aliphatic heterocycles. The maximum absolute atomic E-state index is 5.81. The van der Waals surface area contributed by atoms with Gasteiger partial charge < -0.3 is 9.30 Å². The molecular weight excluding hydrogens is 256 g/mol. The van der Waals surface area contributed by atoms with Crippen LogP contribution in [-0.4, -0.2) is 15.7 Å². The molecule has 0 aliphatic carbocycles. The van der Waals surface area contributed by atoms with Gasteiger partial charge in [0.25, 0.3) is 0 Å². The van der Waals surface area contributed by atoms with E-state index in [9.17, 15) is 0 Å². The van der Waals surface area contributed by atoms with Crippen molar-refractivity contribution >= 4 is 27.0 Å². The van der Waals surface area contributed by atoms with Crippen LogP contribution in [0.25, 0.3) is 11.0 Å². The maximum Gasteiger partial charge on any atom is 0.146 e. The first kappa shape index (κ1) is 9.21. The Morgan fingerprint density at radius 2 is 2.33 bits per heavy atom. The van der Waals surface area contributed by atoms with Gasteiger partial charge in [-0.3, -0.25) is 0 Å². The predicted molar refractivity (Wildman–Crippen MR) is 62.3 cm³/mol. The molecule has 0 N–H and O–H groups in total. The van der Waals surface area contributed by atoms with Gasteiger partial charge in [0.2, 0.25) is 0 Å². The average molecular weight is 267 g/mol. The van der Waals surface area contributed by atoms with E-state index in [1.54, 1.807) is 0 Å². The second-order valence-corrected chi connectivity index (χ2v) is 4.89. The van der Waals surface area contributed by atoms with Gasteiger partial charge in [0.05, 0.1) is 12.1 Å². The van der Waals surface area contributed by atoms with E-state index >= 15 is 0 Å². The lowest BCUT2D eigenvalue weighted by atomic mass is 10.2. The summed E-state index contributed by atoms with van der Waals surface area (Å²) >= 11 is 3.47. The molecule has 0 unspecified atom stereocenters. The third kappa shape index (κ3) is 1.28. The SMILES string of the molecule is Cc1nc2cc(Br)cc3c2n1C[C@@H](C)O3. The van der Waals surface area contributed by atoms with Crippen LogP contribution in [0.15, 0.2) is 16.6 Å². The Labute approximate surface area is 96.2 Å². The van der Waals surface area contributed by atoms with E-state index < -0.39 is 0 Å². The maximum atomic E-state index is 5.81. The van der Waals surface area contributed by atoms with Crippen molar-refractivity contribution in [3.63, 3.8) is 0 Å². The van der Waals surface area contributed by atoms with Gasteiger partial charge in [0.1, 0.15) is 23.2 Å². The van der Waals surface area contributed by atoms with Crippen LogP contribution in [0.5, 0.6) is 5.75 Å². The molecule has 3 nitrogen and oxygen atoms in total. The molecular formula is C11H11BrN2O. The van der Waals surface area contributed by atoms with E-state index in [1.807, 2.05) is 19.1 Å². The van der Waals surface area contributed by atoms with Crippen molar-refractivity contribution in [2.24, 2.45) is 0 Å². The number of nitrogens with zero attached hydrogens (tertiary/aromatic N) is 2. The summed E-state index contributed by atoms with van der Waals surface area (Å²) in [7, 11) is 0. The van der Waals surface area contributed by atoms with Crippen molar-refractivity contribution in [3.8, 4) is 5.75 Å².